The molecule has 2 aromatic rings. The van der Waals surface area contributed by atoms with E-state index in [1.165, 1.54) is 6.07 Å². The molecule has 6 N–H and O–H groups in total. The van der Waals surface area contributed by atoms with Crippen molar-refractivity contribution < 1.29 is 19.5 Å². The van der Waals surface area contributed by atoms with Gasteiger partial charge in [0.25, 0.3) is 0 Å². The number of fused-ring (bicyclic) bond motifs is 1. The Kier molecular flexibility index (Phi) is 7.61. The lowest BCUT2D eigenvalue weighted by Gasteiger charge is -2.08. The Morgan fingerprint density at radius 1 is 1.32 bits per heavy atom. The van der Waals surface area contributed by atoms with E-state index in [2.05, 4.69) is 5.16 Å². The van der Waals surface area contributed by atoms with E-state index in [0.29, 0.717) is 28.7 Å². The van der Waals surface area contributed by atoms with Crippen LogP contribution in [0.3, 0.4) is 0 Å². The van der Waals surface area contributed by atoms with Crippen molar-refractivity contribution in [1.29, 1.82) is 0 Å². The van der Waals surface area contributed by atoms with Crippen LogP contribution < -0.4 is 16.9 Å². The molecule has 1 unspecified atom stereocenters. The number of carboxylic acid groups (broad SMARTS) is 1. The van der Waals surface area contributed by atoms with Gasteiger partial charge in [0.2, 0.25) is 0 Å². The molecule has 25 heavy (non-hydrogen) atoms. The highest BCUT2D eigenvalue weighted by molar-refractivity contribution is 5.80. The first kappa shape index (κ1) is 20.2. The fraction of sp³-hybridized carbons (Fsp3) is 0.353. The van der Waals surface area contributed by atoms with Crippen molar-refractivity contribution in [3.05, 3.63) is 45.8 Å². The number of aryl methyl sites for hydroxylation is 1. The van der Waals surface area contributed by atoms with Crippen LogP contribution in [0.25, 0.3) is 11.0 Å². The summed E-state index contributed by atoms with van der Waals surface area (Å²) in [5.41, 5.74) is 11.7. The molecule has 2 rings (SSSR count). The highest BCUT2D eigenvalue weighted by Crippen LogP contribution is 2.16. The molecule has 0 amide bonds. The second-order valence-corrected chi connectivity index (χ2v) is 5.15. The van der Waals surface area contributed by atoms with Crippen molar-refractivity contribution in [2.45, 2.75) is 39.2 Å². The van der Waals surface area contributed by atoms with Crippen LogP contribution >= 0.6 is 0 Å². The highest BCUT2D eigenvalue weighted by atomic mass is 16.4. The standard InChI is InChI=1S/C15H17N3O5.C2H6/c16-11(15(20)21)6-8-1-3-13-10(5-8)12(19)7-9(23-13)2-4-14(17)18-22;1-2/h1,3,5,7,11,22H,2,4,6,16H2,(H2,17,18)(H,20,21);1-2H3. The van der Waals surface area contributed by atoms with Gasteiger partial charge in [-0.2, -0.15) is 0 Å². The lowest BCUT2D eigenvalue weighted by atomic mass is 10.0. The van der Waals surface area contributed by atoms with Crippen molar-refractivity contribution in [2.75, 3.05) is 0 Å². The molecule has 8 heteroatoms. The Bertz CT molecular complexity index is 814. The predicted octanol–water partition coefficient (Wildman–Crippen LogP) is 1.45. The summed E-state index contributed by atoms with van der Waals surface area (Å²) in [5.74, 6) is -0.634. The van der Waals surface area contributed by atoms with Gasteiger partial charge in [-0.15, -0.1) is 0 Å². The normalized spacial score (nSPS) is 12.4. The van der Waals surface area contributed by atoms with E-state index >= 15 is 0 Å². The van der Waals surface area contributed by atoms with Crippen LogP contribution in [-0.4, -0.2) is 28.2 Å². The number of rotatable bonds is 6. The average molecular weight is 349 g/mol. The second-order valence-electron chi connectivity index (χ2n) is 5.15. The maximum atomic E-state index is 12.2. The van der Waals surface area contributed by atoms with Crippen molar-refractivity contribution in [3.63, 3.8) is 0 Å². The number of carboxylic acids is 1. The molecule has 0 saturated carbocycles. The van der Waals surface area contributed by atoms with Crippen LogP contribution in [0.1, 0.15) is 31.6 Å². The SMILES string of the molecule is CC.N/C(CCc1cc(=O)c2cc(CC(N)C(=O)O)ccc2o1)=N\O. The third-order valence-corrected chi connectivity index (χ3v) is 3.37. The number of carbonyl (C=O) groups is 1. The minimum absolute atomic E-state index is 0.0470. The summed E-state index contributed by atoms with van der Waals surface area (Å²) in [7, 11) is 0. The van der Waals surface area contributed by atoms with E-state index in [-0.39, 0.29) is 24.1 Å². The van der Waals surface area contributed by atoms with Gasteiger partial charge >= 0.3 is 5.97 Å². The Labute approximate surface area is 144 Å². The molecule has 0 spiro atoms. The summed E-state index contributed by atoms with van der Waals surface area (Å²) in [4.78, 5) is 23.0. The maximum Gasteiger partial charge on any atom is 0.320 e. The zero-order valence-electron chi connectivity index (χ0n) is 14.2. The van der Waals surface area contributed by atoms with Crippen molar-refractivity contribution >= 4 is 22.8 Å². The zero-order valence-corrected chi connectivity index (χ0v) is 14.2. The van der Waals surface area contributed by atoms with E-state index in [9.17, 15) is 9.59 Å². The van der Waals surface area contributed by atoms with Crippen LogP contribution in [0.15, 0.2) is 38.6 Å². The molecule has 1 atom stereocenters. The van der Waals surface area contributed by atoms with Crippen molar-refractivity contribution in [3.8, 4) is 0 Å². The van der Waals surface area contributed by atoms with Crippen LogP contribution in [-0.2, 0) is 17.6 Å². The molecule has 0 saturated heterocycles. The summed E-state index contributed by atoms with van der Waals surface area (Å²) in [5, 5.41) is 20.5. The molecule has 0 aliphatic heterocycles. The lowest BCUT2D eigenvalue weighted by Crippen LogP contribution is -2.32. The number of oxime groups is 1. The molecule has 1 heterocycles. The van der Waals surface area contributed by atoms with Crippen molar-refractivity contribution in [1.82, 2.24) is 0 Å². The summed E-state index contributed by atoms with van der Waals surface area (Å²) in [6, 6.07) is 5.17. The molecular weight excluding hydrogens is 326 g/mol. The summed E-state index contributed by atoms with van der Waals surface area (Å²) in [6.07, 6.45) is 0.708. The minimum atomic E-state index is -1.10. The third-order valence-electron chi connectivity index (χ3n) is 3.37. The van der Waals surface area contributed by atoms with Crippen LogP contribution in [0.5, 0.6) is 0 Å². The number of aliphatic carboxylic acids is 1. The van der Waals surface area contributed by atoms with Crippen LogP contribution in [0, 0.1) is 0 Å². The van der Waals surface area contributed by atoms with E-state index in [4.69, 9.17) is 26.2 Å². The Morgan fingerprint density at radius 3 is 2.60 bits per heavy atom. The van der Waals surface area contributed by atoms with Crippen molar-refractivity contribution in [2.24, 2.45) is 16.6 Å². The second kappa shape index (κ2) is 9.43. The highest BCUT2D eigenvalue weighted by Gasteiger charge is 2.13. The molecule has 0 aliphatic carbocycles. The summed E-state index contributed by atoms with van der Waals surface area (Å²) in [6.45, 7) is 4.00. The summed E-state index contributed by atoms with van der Waals surface area (Å²) >= 11 is 0. The van der Waals surface area contributed by atoms with Crippen LogP contribution in [0.2, 0.25) is 0 Å². The van der Waals surface area contributed by atoms with Gasteiger partial charge in [0.15, 0.2) is 5.43 Å². The molecule has 0 fully saturated rings. The van der Waals surface area contributed by atoms with Gasteiger partial charge < -0.3 is 26.2 Å². The molecule has 1 aromatic carbocycles. The first-order valence-corrected chi connectivity index (χ1v) is 7.91. The first-order chi connectivity index (χ1) is 11.9. The van der Waals surface area contributed by atoms with Gasteiger partial charge in [0.1, 0.15) is 23.2 Å². The van der Waals surface area contributed by atoms with E-state index in [0.717, 1.165) is 0 Å². The van der Waals surface area contributed by atoms with Gasteiger partial charge in [-0.3, -0.25) is 9.59 Å². The maximum absolute atomic E-state index is 12.2. The quantitative estimate of drug-likeness (QED) is 0.266. The van der Waals surface area contributed by atoms with Gasteiger partial charge in [-0.05, 0) is 24.1 Å². The monoisotopic (exact) mass is 349 g/mol. The predicted molar refractivity (Wildman–Crippen MR) is 94.9 cm³/mol. The fourth-order valence-electron chi connectivity index (χ4n) is 2.15. The number of hydrogen-bond donors (Lipinski definition) is 4. The summed E-state index contributed by atoms with van der Waals surface area (Å²) < 4.78 is 5.61. The molecule has 0 aliphatic rings. The Balaban J connectivity index is 0.00000151. The molecule has 0 bridgehead atoms. The largest absolute Gasteiger partial charge is 0.480 e. The topological polar surface area (TPSA) is 152 Å². The smallest absolute Gasteiger partial charge is 0.320 e. The van der Waals surface area contributed by atoms with Gasteiger partial charge in [-0.25, -0.2) is 0 Å². The molecular formula is C17H23N3O5. The lowest BCUT2D eigenvalue weighted by molar-refractivity contribution is -0.138. The molecule has 8 nitrogen and oxygen atoms in total. The average Bonchev–Trinajstić information content (AvgIpc) is 2.61. The fourth-order valence-corrected chi connectivity index (χ4v) is 2.15. The van der Waals surface area contributed by atoms with E-state index < -0.39 is 12.0 Å². The van der Waals surface area contributed by atoms with Gasteiger partial charge in [0, 0.05) is 18.9 Å². The third kappa shape index (κ3) is 5.61. The Morgan fingerprint density at radius 2 is 2.00 bits per heavy atom. The number of nitrogens with zero attached hydrogens (tertiary/aromatic N) is 1. The van der Waals surface area contributed by atoms with Gasteiger partial charge in [-0.1, -0.05) is 25.1 Å². The number of benzene rings is 1. The molecule has 1 aromatic heterocycles. The Hall–Kier alpha value is -2.87. The zero-order chi connectivity index (χ0) is 19.0. The minimum Gasteiger partial charge on any atom is -0.480 e. The first-order valence-electron chi connectivity index (χ1n) is 7.91. The number of hydrogen-bond acceptors (Lipinski definition) is 6. The number of amidine groups is 1. The van der Waals surface area contributed by atoms with Gasteiger partial charge in [0.05, 0.1) is 5.39 Å². The molecule has 136 valence electrons. The van der Waals surface area contributed by atoms with Crippen LogP contribution in [0.4, 0.5) is 0 Å². The number of nitrogens with two attached hydrogens (primary N) is 2. The molecule has 0 radical (unpaired) electrons. The van der Waals surface area contributed by atoms with E-state index in [1.807, 2.05) is 13.8 Å². The van der Waals surface area contributed by atoms with E-state index in [1.54, 1.807) is 18.2 Å².